The molecule has 0 fully saturated rings. The third-order valence-corrected chi connectivity index (χ3v) is 4.57. The van der Waals surface area contributed by atoms with Gasteiger partial charge >= 0.3 is 0 Å². The summed E-state index contributed by atoms with van der Waals surface area (Å²) in [5.74, 6) is 0. The van der Waals surface area contributed by atoms with Crippen molar-refractivity contribution in [1.82, 2.24) is 9.88 Å². The zero-order chi connectivity index (χ0) is 16.2. The van der Waals surface area contributed by atoms with Crippen LogP contribution in [0.3, 0.4) is 0 Å². The van der Waals surface area contributed by atoms with Crippen LogP contribution in [0.15, 0.2) is 48.7 Å². The Bertz CT molecular complexity index is 794. The number of nitrogens with one attached hydrogen (secondary N) is 1. The maximum absolute atomic E-state index is 8.92. The van der Waals surface area contributed by atoms with E-state index in [0.29, 0.717) is 29.7 Å². The summed E-state index contributed by atoms with van der Waals surface area (Å²) in [5, 5.41) is 14.7. The Kier molecular flexibility index (Phi) is 5.23. The number of para-hydroxylation sites is 1. The van der Waals surface area contributed by atoms with E-state index in [0.717, 1.165) is 11.1 Å². The Balaban J connectivity index is 1.97. The van der Waals surface area contributed by atoms with E-state index in [2.05, 4.69) is 28.2 Å². The quantitative estimate of drug-likeness (QED) is 0.658. The predicted octanol–water partition coefficient (Wildman–Crippen LogP) is 4.08. The lowest BCUT2D eigenvalue weighted by atomic mass is 10.2. The van der Waals surface area contributed by atoms with E-state index in [1.54, 1.807) is 0 Å². The largest absolute Gasteiger partial charge is 0.395 e. The van der Waals surface area contributed by atoms with Gasteiger partial charge in [-0.05, 0) is 23.8 Å². The molecule has 0 amide bonds. The third kappa shape index (κ3) is 3.54. The predicted molar refractivity (Wildman–Crippen MR) is 96.3 cm³/mol. The Labute approximate surface area is 145 Å². The standard InChI is InChI=1S/C18H18Cl2N2O/c19-16-5-3-6-17(20)15(16)12-22-11-13(10-21-8-9-23)14-4-1-2-7-18(14)22/h1-7,11,21,23H,8-10,12H2. The van der Waals surface area contributed by atoms with Gasteiger partial charge in [-0.1, -0.05) is 47.5 Å². The average molecular weight is 349 g/mol. The van der Waals surface area contributed by atoms with Gasteiger partial charge in [0.2, 0.25) is 0 Å². The van der Waals surface area contributed by atoms with E-state index in [1.165, 1.54) is 10.9 Å². The molecule has 0 unspecified atom stereocenters. The fraction of sp³-hybridized carbons (Fsp3) is 0.222. The van der Waals surface area contributed by atoms with Gasteiger partial charge in [0.15, 0.2) is 0 Å². The minimum absolute atomic E-state index is 0.133. The number of aliphatic hydroxyl groups excluding tert-OH is 1. The second kappa shape index (κ2) is 7.37. The lowest BCUT2D eigenvalue weighted by Crippen LogP contribution is -2.17. The van der Waals surface area contributed by atoms with Gasteiger partial charge in [-0.2, -0.15) is 0 Å². The number of hydrogen-bond acceptors (Lipinski definition) is 2. The van der Waals surface area contributed by atoms with Crippen molar-refractivity contribution in [2.45, 2.75) is 13.1 Å². The van der Waals surface area contributed by atoms with Crippen molar-refractivity contribution < 1.29 is 5.11 Å². The van der Waals surface area contributed by atoms with Crippen molar-refractivity contribution in [3.63, 3.8) is 0 Å². The van der Waals surface area contributed by atoms with Crippen molar-refractivity contribution in [3.05, 3.63) is 69.8 Å². The molecule has 120 valence electrons. The van der Waals surface area contributed by atoms with E-state index >= 15 is 0 Å². The maximum atomic E-state index is 8.92. The van der Waals surface area contributed by atoms with Crippen LogP contribution in [0.2, 0.25) is 10.0 Å². The van der Waals surface area contributed by atoms with Crippen LogP contribution >= 0.6 is 23.2 Å². The summed E-state index contributed by atoms with van der Waals surface area (Å²) in [5.41, 5.74) is 3.26. The van der Waals surface area contributed by atoms with Crippen molar-refractivity contribution in [2.75, 3.05) is 13.2 Å². The molecule has 0 saturated carbocycles. The molecule has 0 spiro atoms. The van der Waals surface area contributed by atoms with Crippen LogP contribution in [-0.2, 0) is 13.1 Å². The van der Waals surface area contributed by atoms with Crippen LogP contribution in [0.25, 0.3) is 10.9 Å². The Hall–Kier alpha value is -1.52. The molecule has 0 bridgehead atoms. The van der Waals surface area contributed by atoms with Gasteiger partial charge < -0.3 is 15.0 Å². The normalized spacial score (nSPS) is 11.3. The fourth-order valence-electron chi connectivity index (χ4n) is 2.75. The molecule has 0 radical (unpaired) electrons. The SMILES string of the molecule is OCCNCc1cn(Cc2c(Cl)cccc2Cl)c2ccccc12. The van der Waals surface area contributed by atoms with Crippen molar-refractivity contribution in [3.8, 4) is 0 Å². The van der Waals surface area contributed by atoms with Crippen LogP contribution in [0.4, 0.5) is 0 Å². The van der Waals surface area contributed by atoms with Crippen LogP contribution in [0.5, 0.6) is 0 Å². The summed E-state index contributed by atoms with van der Waals surface area (Å²) in [6.45, 7) is 2.05. The molecule has 3 nitrogen and oxygen atoms in total. The zero-order valence-electron chi connectivity index (χ0n) is 12.6. The molecule has 0 atom stereocenters. The highest BCUT2D eigenvalue weighted by Gasteiger charge is 2.11. The van der Waals surface area contributed by atoms with Crippen molar-refractivity contribution >= 4 is 34.1 Å². The van der Waals surface area contributed by atoms with E-state index in [1.807, 2.05) is 30.3 Å². The molecule has 0 aliphatic rings. The Morgan fingerprint density at radius 3 is 2.48 bits per heavy atom. The molecule has 3 aromatic rings. The lowest BCUT2D eigenvalue weighted by molar-refractivity contribution is 0.292. The highest BCUT2D eigenvalue weighted by atomic mass is 35.5. The zero-order valence-corrected chi connectivity index (χ0v) is 14.1. The Morgan fingerprint density at radius 1 is 1.00 bits per heavy atom. The number of hydrogen-bond donors (Lipinski definition) is 2. The molecule has 2 aromatic carbocycles. The summed E-state index contributed by atoms with van der Waals surface area (Å²) in [6, 6.07) is 13.8. The summed E-state index contributed by atoms with van der Waals surface area (Å²) < 4.78 is 2.17. The van der Waals surface area contributed by atoms with E-state index in [9.17, 15) is 0 Å². The minimum Gasteiger partial charge on any atom is -0.395 e. The molecule has 0 aliphatic heterocycles. The molecule has 2 N–H and O–H groups in total. The van der Waals surface area contributed by atoms with E-state index in [4.69, 9.17) is 28.3 Å². The molecular formula is C18H18Cl2N2O. The molecular weight excluding hydrogens is 331 g/mol. The molecule has 5 heteroatoms. The second-order valence-corrected chi connectivity index (χ2v) is 6.21. The summed E-state index contributed by atoms with van der Waals surface area (Å²) in [4.78, 5) is 0. The van der Waals surface area contributed by atoms with Crippen LogP contribution in [0.1, 0.15) is 11.1 Å². The first kappa shape index (κ1) is 16.3. The van der Waals surface area contributed by atoms with Crippen molar-refractivity contribution in [1.29, 1.82) is 0 Å². The first-order valence-corrected chi connectivity index (χ1v) is 8.27. The third-order valence-electron chi connectivity index (χ3n) is 3.87. The number of aromatic nitrogens is 1. The first-order chi connectivity index (χ1) is 11.2. The van der Waals surface area contributed by atoms with Gasteiger partial charge in [-0.15, -0.1) is 0 Å². The van der Waals surface area contributed by atoms with Gasteiger partial charge in [0.05, 0.1) is 13.2 Å². The van der Waals surface area contributed by atoms with Crippen LogP contribution in [-0.4, -0.2) is 22.8 Å². The molecule has 1 aromatic heterocycles. The van der Waals surface area contributed by atoms with Gasteiger partial charge in [0.1, 0.15) is 0 Å². The molecule has 1 heterocycles. The maximum Gasteiger partial charge on any atom is 0.0556 e. The highest BCUT2D eigenvalue weighted by Crippen LogP contribution is 2.28. The number of rotatable bonds is 6. The number of nitrogens with zero attached hydrogens (tertiary/aromatic N) is 1. The molecule has 3 rings (SSSR count). The van der Waals surface area contributed by atoms with E-state index < -0.39 is 0 Å². The molecule has 0 saturated heterocycles. The summed E-state index contributed by atoms with van der Waals surface area (Å²) >= 11 is 12.6. The smallest absolute Gasteiger partial charge is 0.0556 e. The van der Waals surface area contributed by atoms with Crippen LogP contribution in [0, 0.1) is 0 Å². The first-order valence-electron chi connectivity index (χ1n) is 7.52. The van der Waals surface area contributed by atoms with Gasteiger partial charge in [0, 0.05) is 45.8 Å². The number of aliphatic hydroxyl groups is 1. The average Bonchev–Trinajstić information content (AvgIpc) is 2.90. The molecule has 0 aliphatic carbocycles. The lowest BCUT2D eigenvalue weighted by Gasteiger charge is -2.09. The van der Waals surface area contributed by atoms with E-state index in [-0.39, 0.29) is 6.61 Å². The monoisotopic (exact) mass is 348 g/mol. The van der Waals surface area contributed by atoms with Gasteiger partial charge in [-0.25, -0.2) is 0 Å². The number of fused-ring (bicyclic) bond motifs is 1. The van der Waals surface area contributed by atoms with Crippen LogP contribution < -0.4 is 5.32 Å². The fourth-order valence-corrected chi connectivity index (χ4v) is 3.27. The number of halogens is 2. The number of benzene rings is 2. The topological polar surface area (TPSA) is 37.2 Å². The summed E-state index contributed by atoms with van der Waals surface area (Å²) in [7, 11) is 0. The van der Waals surface area contributed by atoms with Gasteiger partial charge in [0.25, 0.3) is 0 Å². The Morgan fingerprint density at radius 2 is 1.74 bits per heavy atom. The van der Waals surface area contributed by atoms with Crippen molar-refractivity contribution in [2.24, 2.45) is 0 Å². The minimum atomic E-state index is 0.133. The van der Waals surface area contributed by atoms with Gasteiger partial charge in [-0.3, -0.25) is 0 Å². The second-order valence-electron chi connectivity index (χ2n) is 5.40. The highest BCUT2D eigenvalue weighted by molar-refractivity contribution is 6.36. The molecule has 23 heavy (non-hydrogen) atoms. The summed E-state index contributed by atoms with van der Waals surface area (Å²) in [6.07, 6.45) is 2.12.